The molecule has 0 saturated carbocycles. The van der Waals surface area contributed by atoms with Gasteiger partial charge in [-0.1, -0.05) is 53.8 Å². The quantitative estimate of drug-likeness (QED) is 0.238. The number of aromatic amines is 1. The largest absolute Gasteiger partial charge is 0.497 e. The van der Waals surface area contributed by atoms with Crippen LogP contribution in [0.25, 0.3) is 28.2 Å². The molecule has 236 valence electrons. The van der Waals surface area contributed by atoms with E-state index in [-0.39, 0.29) is 11.5 Å². The number of fused-ring (bicyclic) bond motifs is 2. The number of hydrogen-bond acceptors (Lipinski definition) is 7. The lowest BCUT2D eigenvalue weighted by Gasteiger charge is -2.30. The molecule has 2 aromatic heterocycles. The Labute approximate surface area is 270 Å². The SMILES string of the molecule is CCN(CC)C(=O)C1=C(C)N=c2s/c(=C/c3c(-c4ccccc4)[nH]c4c(OC)cccc34)c(=O)n2[C@H]1c1cc(OC)ccc1OC. The average Bonchev–Trinajstić information content (AvgIpc) is 3.61. The lowest BCUT2D eigenvalue weighted by molar-refractivity contribution is -0.127. The van der Waals surface area contributed by atoms with Gasteiger partial charge in [0.05, 0.1) is 48.3 Å². The summed E-state index contributed by atoms with van der Waals surface area (Å²) in [7, 11) is 4.80. The maximum absolute atomic E-state index is 14.6. The highest BCUT2D eigenvalue weighted by Gasteiger charge is 2.36. The second kappa shape index (κ2) is 12.7. The van der Waals surface area contributed by atoms with Gasteiger partial charge in [0.2, 0.25) is 0 Å². The van der Waals surface area contributed by atoms with E-state index in [1.165, 1.54) is 11.3 Å². The van der Waals surface area contributed by atoms with E-state index >= 15 is 0 Å². The van der Waals surface area contributed by atoms with Crippen molar-refractivity contribution in [2.45, 2.75) is 26.8 Å². The van der Waals surface area contributed by atoms with E-state index in [1.807, 2.05) is 81.4 Å². The number of nitrogens with zero attached hydrogens (tertiary/aromatic N) is 3. The number of carbonyl (C=O) groups is 1. The molecule has 46 heavy (non-hydrogen) atoms. The van der Waals surface area contributed by atoms with E-state index in [4.69, 9.17) is 19.2 Å². The van der Waals surface area contributed by atoms with E-state index in [0.717, 1.165) is 27.7 Å². The molecule has 3 heterocycles. The highest BCUT2D eigenvalue weighted by molar-refractivity contribution is 7.07. The van der Waals surface area contributed by atoms with Gasteiger partial charge < -0.3 is 24.1 Å². The van der Waals surface area contributed by atoms with Crippen molar-refractivity contribution in [1.29, 1.82) is 0 Å². The van der Waals surface area contributed by atoms with E-state index < -0.39 is 6.04 Å². The number of allylic oxidation sites excluding steroid dienone is 1. The first-order chi connectivity index (χ1) is 22.3. The Morgan fingerprint density at radius 3 is 2.39 bits per heavy atom. The summed E-state index contributed by atoms with van der Waals surface area (Å²) in [6.45, 7) is 6.74. The van der Waals surface area contributed by atoms with Crippen molar-refractivity contribution in [2.75, 3.05) is 34.4 Å². The molecule has 3 aromatic carbocycles. The predicted octanol–water partition coefficient (Wildman–Crippen LogP) is 5.28. The number of hydrogen-bond donors (Lipinski definition) is 1. The maximum atomic E-state index is 14.6. The number of thiazole rings is 1. The lowest BCUT2D eigenvalue weighted by Crippen LogP contribution is -2.43. The van der Waals surface area contributed by atoms with Gasteiger partial charge in [-0.25, -0.2) is 4.99 Å². The summed E-state index contributed by atoms with van der Waals surface area (Å²) in [5, 5.41) is 0.920. The normalized spacial score (nSPS) is 14.7. The van der Waals surface area contributed by atoms with E-state index in [2.05, 4.69) is 4.98 Å². The zero-order valence-electron chi connectivity index (χ0n) is 26.7. The third-order valence-electron chi connectivity index (χ3n) is 8.43. The molecular formula is C36H36N4O5S. The van der Waals surface area contributed by atoms with Crippen molar-refractivity contribution in [1.82, 2.24) is 14.5 Å². The zero-order chi connectivity index (χ0) is 32.5. The van der Waals surface area contributed by atoms with Crippen molar-refractivity contribution in [3.05, 3.63) is 109 Å². The molecule has 9 nitrogen and oxygen atoms in total. The van der Waals surface area contributed by atoms with Crippen LogP contribution in [-0.4, -0.2) is 54.8 Å². The van der Waals surface area contributed by atoms with Crippen LogP contribution in [0, 0.1) is 0 Å². The number of amides is 1. The summed E-state index contributed by atoms with van der Waals surface area (Å²) in [6.07, 6.45) is 1.91. The number of aromatic nitrogens is 2. The Kier molecular flexibility index (Phi) is 8.55. The summed E-state index contributed by atoms with van der Waals surface area (Å²) in [5.74, 6) is 1.65. The van der Waals surface area contributed by atoms with E-state index in [0.29, 0.717) is 56.5 Å². The van der Waals surface area contributed by atoms with Crippen molar-refractivity contribution >= 4 is 34.2 Å². The average molecular weight is 637 g/mol. The molecule has 0 bridgehead atoms. The molecule has 1 aliphatic rings. The molecule has 1 amide bonds. The minimum atomic E-state index is -0.784. The number of para-hydroxylation sites is 1. The van der Waals surface area contributed by atoms with Crippen LogP contribution in [-0.2, 0) is 4.79 Å². The van der Waals surface area contributed by atoms with Gasteiger partial charge >= 0.3 is 0 Å². The Morgan fingerprint density at radius 2 is 1.72 bits per heavy atom. The van der Waals surface area contributed by atoms with Gasteiger partial charge in [0.15, 0.2) is 4.80 Å². The topological polar surface area (TPSA) is 98.2 Å². The minimum Gasteiger partial charge on any atom is -0.497 e. The monoisotopic (exact) mass is 636 g/mol. The van der Waals surface area contributed by atoms with Crippen LogP contribution < -0.4 is 29.1 Å². The minimum absolute atomic E-state index is 0.175. The van der Waals surface area contributed by atoms with Gasteiger partial charge in [0.1, 0.15) is 23.3 Å². The third-order valence-corrected chi connectivity index (χ3v) is 9.41. The van der Waals surface area contributed by atoms with Gasteiger partial charge in [-0.2, -0.15) is 0 Å². The van der Waals surface area contributed by atoms with Crippen molar-refractivity contribution in [3.63, 3.8) is 0 Å². The number of likely N-dealkylation sites (N-methyl/N-ethyl adjacent to an activating group) is 1. The van der Waals surface area contributed by atoms with Crippen LogP contribution in [0.5, 0.6) is 17.2 Å². The molecule has 6 rings (SSSR count). The molecule has 5 aromatic rings. The first kappa shape index (κ1) is 30.9. The van der Waals surface area contributed by atoms with Crippen LogP contribution in [0.1, 0.15) is 37.9 Å². The van der Waals surface area contributed by atoms with Crippen LogP contribution >= 0.6 is 11.3 Å². The second-order valence-corrected chi connectivity index (χ2v) is 11.8. The fourth-order valence-electron chi connectivity index (χ4n) is 6.12. The van der Waals surface area contributed by atoms with Crippen LogP contribution in [0.15, 0.2) is 87.8 Å². The second-order valence-electron chi connectivity index (χ2n) is 10.8. The number of carbonyl (C=O) groups excluding carboxylic acids is 1. The predicted molar refractivity (Wildman–Crippen MR) is 182 cm³/mol. The Bertz CT molecular complexity index is 2160. The summed E-state index contributed by atoms with van der Waals surface area (Å²) < 4.78 is 19.1. The Balaban J connectivity index is 1.65. The fraction of sp³-hybridized carbons (Fsp3) is 0.250. The zero-order valence-corrected chi connectivity index (χ0v) is 27.5. The molecule has 0 fully saturated rings. The Morgan fingerprint density at radius 1 is 0.978 bits per heavy atom. The first-order valence-corrected chi connectivity index (χ1v) is 15.9. The highest BCUT2D eigenvalue weighted by atomic mass is 32.1. The van der Waals surface area contributed by atoms with Crippen LogP contribution in [0.4, 0.5) is 0 Å². The summed E-state index contributed by atoms with van der Waals surface area (Å²) in [5.41, 5.74) is 4.90. The first-order valence-electron chi connectivity index (χ1n) is 15.1. The van der Waals surface area contributed by atoms with Gasteiger partial charge in [-0.05, 0) is 56.7 Å². The van der Waals surface area contributed by atoms with Crippen molar-refractivity contribution < 1.29 is 19.0 Å². The molecule has 1 aliphatic heterocycles. The molecule has 0 aliphatic carbocycles. The van der Waals surface area contributed by atoms with Gasteiger partial charge in [-0.15, -0.1) is 0 Å². The summed E-state index contributed by atoms with van der Waals surface area (Å²) in [4.78, 5) is 39.3. The van der Waals surface area contributed by atoms with Crippen LogP contribution in [0.3, 0.4) is 0 Å². The number of ether oxygens (including phenoxy) is 3. The number of rotatable bonds is 9. The van der Waals surface area contributed by atoms with Crippen LogP contribution in [0.2, 0.25) is 0 Å². The molecule has 10 heteroatoms. The van der Waals surface area contributed by atoms with E-state index in [1.54, 1.807) is 42.9 Å². The van der Waals surface area contributed by atoms with Gasteiger partial charge in [0.25, 0.3) is 11.5 Å². The maximum Gasteiger partial charge on any atom is 0.271 e. The van der Waals surface area contributed by atoms with Gasteiger partial charge in [0, 0.05) is 29.6 Å². The third kappa shape index (κ3) is 5.18. The number of nitrogens with one attached hydrogen (secondary N) is 1. The Hall–Kier alpha value is -5.09. The fourth-order valence-corrected chi connectivity index (χ4v) is 7.15. The number of H-pyrrole nitrogens is 1. The molecule has 0 spiro atoms. The summed E-state index contributed by atoms with van der Waals surface area (Å²) in [6, 6.07) is 20.5. The molecular weight excluding hydrogens is 600 g/mol. The lowest BCUT2D eigenvalue weighted by atomic mass is 9.93. The van der Waals surface area contributed by atoms with Crippen molar-refractivity contribution in [2.24, 2.45) is 4.99 Å². The van der Waals surface area contributed by atoms with Gasteiger partial charge in [-0.3, -0.25) is 14.2 Å². The molecule has 1 atom stereocenters. The summed E-state index contributed by atoms with van der Waals surface area (Å²) >= 11 is 1.29. The highest BCUT2D eigenvalue weighted by Crippen LogP contribution is 2.39. The van der Waals surface area contributed by atoms with E-state index in [9.17, 15) is 9.59 Å². The smallest absolute Gasteiger partial charge is 0.271 e. The van der Waals surface area contributed by atoms with Crippen molar-refractivity contribution in [3.8, 4) is 28.5 Å². The molecule has 0 unspecified atom stereocenters. The molecule has 0 radical (unpaired) electrons. The standard InChI is InChI=1S/C36H36N4O5S/c1-7-39(8-2)35(42)30-21(3)37-36-40(33(30)26-19-23(43-4)17-18-27(26)44-5)34(41)29(46-36)20-25-24-15-12-16-28(45-6)32(24)38-31(25)22-13-10-9-11-14-22/h9-20,33,38H,7-8H2,1-6H3/b29-20+/t33-/m0/s1. The number of methoxy groups -OCH3 is 3. The molecule has 1 N–H and O–H groups in total. The molecule has 0 saturated heterocycles. The number of benzene rings is 3.